The van der Waals surface area contributed by atoms with Crippen LogP contribution >= 0.6 is 0 Å². The molecule has 2 aromatic rings. The Hall–Kier alpha value is -1.99. The van der Waals surface area contributed by atoms with Crippen molar-refractivity contribution in [2.45, 2.75) is 58.9 Å². The summed E-state index contributed by atoms with van der Waals surface area (Å²) in [4.78, 5) is 0. The summed E-state index contributed by atoms with van der Waals surface area (Å²) in [6.07, 6.45) is -4.41. The predicted octanol–water partition coefficient (Wildman–Crippen LogP) is 5.82. The molecule has 3 rings (SSSR count). The Morgan fingerprint density at radius 1 is 0.821 bits per heavy atom. The zero-order valence-corrected chi connectivity index (χ0v) is 17.1. The van der Waals surface area contributed by atoms with Gasteiger partial charge in [-0.1, -0.05) is 32.0 Å². The Kier molecular flexibility index (Phi) is 6.51. The average Bonchev–Trinajstić information content (AvgIpc) is 2.84. The predicted molar refractivity (Wildman–Crippen MR) is 105 cm³/mol. The van der Waals surface area contributed by atoms with Gasteiger partial charge in [-0.15, -0.1) is 0 Å². The first-order valence-electron chi connectivity index (χ1n) is 9.29. The lowest BCUT2D eigenvalue weighted by molar-refractivity contribution is -0.137. The highest BCUT2D eigenvalue weighted by atomic mass is 19.4. The zero-order chi connectivity index (χ0) is 21.2. The molecule has 1 saturated heterocycles. The molecule has 0 unspecified atom stereocenters. The van der Waals surface area contributed by atoms with Crippen LogP contribution in [0.2, 0.25) is 0 Å². The molecule has 1 aliphatic rings. The van der Waals surface area contributed by atoms with E-state index in [1.807, 2.05) is 47.6 Å². The number of rotatable bonds is 3. The lowest BCUT2D eigenvalue weighted by Gasteiger charge is -2.32. The lowest BCUT2D eigenvalue weighted by Crippen LogP contribution is -2.41. The van der Waals surface area contributed by atoms with Crippen molar-refractivity contribution in [2.24, 2.45) is 0 Å². The van der Waals surface area contributed by atoms with Crippen molar-refractivity contribution in [3.63, 3.8) is 0 Å². The second kappa shape index (κ2) is 8.17. The molecule has 0 saturated carbocycles. The summed E-state index contributed by atoms with van der Waals surface area (Å²) in [6, 6.07) is 11.8. The Labute approximate surface area is 165 Å². The van der Waals surface area contributed by atoms with Crippen molar-refractivity contribution in [2.75, 3.05) is 0 Å². The molecule has 0 spiro atoms. The Bertz CT molecular complexity index is 787. The van der Waals surface area contributed by atoms with Crippen molar-refractivity contribution in [1.82, 2.24) is 0 Å². The van der Waals surface area contributed by atoms with Gasteiger partial charge in [0.2, 0.25) is 0 Å². The molecule has 1 heterocycles. The van der Waals surface area contributed by atoms with Crippen LogP contribution in [0.3, 0.4) is 0 Å². The van der Waals surface area contributed by atoms with Crippen LogP contribution < -0.4 is 10.2 Å². The number of benzene rings is 2. The molecule has 2 aromatic carbocycles. The van der Waals surface area contributed by atoms with E-state index in [-0.39, 0.29) is 5.75 Å². The summed E-state index contributed by atoms with van der Waals surface area (Å²) in [7, 11) is -0.565. The molecule has 1 fully saturated rings. The summed E-state index contributed by atoms with van der Waals surface area (Å²) < 4.78 is 56.1. The van der Waals surface area contributed by atoms with Gasteiger partial charge in [-0.05, 0) is 63.5 Å². The fourth-order valence-corrected chi connectivity index (χ4v) is 2.58. The first-order chi connectivity index (χ1) is 13.0. The van der Waals surface area contributed by atoms with Gasteiger partial charge in [0.15, 0.2) is 0 Å². The molecule has 3 nitrogen and oxygen atoms in total. The van der Waals surface area contributed by atoms with Gasteiger partial charge in [0.05, 0.1) is 16.8 Å². The number of alkyl halides is 3. The molecule has 0 aromatic heterocycles. The van der Waals surface area contributed by atoms with Gasteiger partial charge in [0, 0.05) is 0 Å². The monoisotopic (exact) mass is 394 g/mol. The van der Waals surface area contributed by atoms with E-state index in [2.05, 4.69) is 0 Å². The molecule has 0 atom stereocenters. The van der Waals surface area contributed by atoms with Crippen molar-refractivity contribution in [1.29, 1.82) is 0 Å². The number of hydrogen-bond acceptors (Lipinski definition) is 3. The first kappa shape index (κ1) is 22.3. The topological polar surface area (TPSA) is 27.7 Å². The Balaban J connectivity index is 0.00000136. The second-order valence-electron chi connectivity index (χ2n) is 7.29. The van der Waals surface area contributed by atoms with E-state index < -0.39 is 30.1 Å². The Morgan fingerprint density at radius 3 is 1.86 bits per heavy atom. The minimum absolute atomic E-state index is 0.117. The smallest absolute Gasteiger partial charge is 0.457 e. The van der Waals surface area contributed by atoms with E-state index >= 15 is 0 Å². The molecule has 7 heteroatoms. The van der Waals surface area contributed by atoms with E-state index in [1.54, 1.807) is 18.2 Å². The summed E-state index contributed by atoms with van der Waals surface area (Å²) in [5, 5.41) is 0. The molecule has 0 amide bonds. The average molecular weight is 394 g/mol. The third-order valence-corrected chi connectivity index (χ3v) is 4.78. The molecular weight excluding hydrogens is 368 g/mol. The minimum Gasteiger partial charge on any atom is -0.457 e. The molecular formula is C21H26BF3O3. The highest BCUT2D eigenvalue weighted by Crippen LogP contribution is 2.37. The van der Waals surface area contributed by atoms with Crippen LogP contribution in [0.15, 0.2) is 48.5 Å². The maximum Gasteiger partial charge on any atom is 0.494 e. The van der Waals surface area contributed by atoms with E-state index in [1.165, 1.54) is 12.1 Å². The molecule has 0 bridgehead atoms. The van der Waals surface area contributed by atoms with Crippen molar-refractivity contribution >= 4 is 12.6 Å². The molecule has 0 N–H and O–H groups in total. The molecule has 1 aliphatic heterocycles. The highest BCUT2D eigenvalue weighted by Gasteiger charge is 2.51. The largest absolute Gasteiger partial charge is 0.494 e. The van der Waals surface area contributed by atoms with Gasteiger partial charge < -0.3 is 14.0 Å². The van der Waals surface area contributed by atoms with Crippen LogP contribution in [0, 0.1) is 0 Å². The minimum atomic E-state index is -4.41. The van der Waals surface area contributed by atoms with Crippen LogP contribution in [-0.2, 0) is 15.5 Å². The summed E-state index contributed by atoms with van der Waals surface area (Å²) >= 11 is 0. The maximum absolute atomic E-state index is 12.8. The normalized spacial score (nSPS) is 17.7. The van der Waals surface area contributed by atoms with Gasteiger partial charge in [0.1, 0.15) is 11.5 Å². The van der Waals surface area contributed by atoms with E-state index in [9.17, 15) is 13.2 Å². The lowest BCUT2D eigenvalue weighted by atomic mass is 9.79. The van der Waals surface area contributed by atoms with E-state index in [0.717, 1.165) is 17.6 Å². The third kappa shape index (κ3) is 4.89. The number of hydrogen-bond donors (Lipinski definition) is 0. The number of ether oxygens (including phenoxy) is 1. The van der Waals surface area contributed by atoms with Gasteiger partial charge in [-0.2, -0.15) is 13.2 Å². The fraction of sp³-hybridized carbons (Fsp3) is 0.429. The summed E-state index contributed by atoms with van der Waals surface area (Å²) in [6.45, 7) is 11.8. The maximum atomic E-state index is 12.8. The summed E-state index contributed by atoms with van der Waals surface area (Å²) in [5.41, 5.74) is -0.962. The molecule has 28 heavy (non-hydrogen) atoms. The quantitative estimate of drug-likeness (QED) is 0.614. The highest BCUT2D eigenvalue weighted by molar-refractivity contribution is 6.62. The van der Waals surface area contributed by atoms with Crippen molar-refractivity contribution in [3.05, 3.63) is 54.1 Å². The molecule has 0 aliphatic carbocycles. The SMILES string of the molecule is CC.CC1(C)OB(c2cccc(Oc3cccc(C(F)(F)F)c3)c2)OC1(C)C. The second-order valence-corrected chi connectivity index (χ2v) is 7.29. The molecule has 0 radical (unpaired) electrons. The summed E-state index contributed by atoms with van der Waals surface area (Å²) in [5.74, 6) is 0.530. The van der Waals surface area contributed by atoms with Crippen LogP contribution in [0.5, 0.6) is 11.5 Å². The van der Waals surface area contributed by atoms with Crippen molar-refractivity contribution in [3.8, 4) is 11.5 Å². The van der Waals surface area contributed by atoms with E-state index in [4.69, 9.17) is 14.0 Å². The van der Waals surface area contributed by atoms with Crippen LogP contribution in [0.25, 0.3) is 0 Å². The molecule has 152 valence electrons. The third-order valence-electron chi connectivity index (χ3n) is 4.78. The van der Waals surface area contributed by atoms with E-state index in [0.29, 0.717) is 5.75 Å². The van der Waals surface area contributed by atoms with Gasteiger partial charge >= 0.3 is 13.3 Å². The fourth-order valence-electron chi connectivity index (χ4n) is 2.58. The van der Waals surface area contributed by atoms with Gasteiger partial charge in [-0.3, -0.25) is 0 Å². The van der Waals surface area contributed by atoms with Gasteiger partial charge in [-0.25, -0.2) is 0 Å². The zero-order valence-electron chi connectivity index (χ0n) is 17.1. The Morgan fingerprint density at radius 2 is 1.32 bits per heavy atom. The van der Waals surface area contributed by atoms with Crippen LogP contribution in [0.1, 0.15) is 47.1 Å². The standard InChI is InChI=1S/C19H20BF3O3.C2H6/c1-17(2)18(3,4)26-20(25-17)14-8-6-10-16(12-14)24-15-9-5-7-13(11-15)19(21,22)23;1-2/h5-12H,1-4H3;1-2H3. The number of halogens is 3. The van der Waals surface area contributed by atoms with Crippen LogP contribution in [-0.4, -0.2) is 18.3 Å². The first-order valence-corrected chi connectivity index (χ1v) is 9.29. The van der Waals surface area contributed by atoms with Crippen molar-refractivity contribution < 1.29 is 27.2 Å². The van der Waals surface area contributed by atoms with Crippen LogP contribution in [0.4, 0.5) is 13.2 Å². The van der Waals surface area contributed by atoms with Gasteiger partial charge in [0.25, 0.3) is 0 Å².